The minimum Gasteiger partial charge on any atom is -0.481 e. The predicted molar refractivity (Wildman–Crippen MR) is 73.8 cm³/mol. The van der Waals surface area contributed by atoms with Crippen LogP contribution in [0.2, 0.25) is 0 Å². The highest BCUT2D eigenvalue weighted by Crippen LogP contribution is 2.26. The first kappa shape index (κ1) is 16.0. The van der Waals surface area contributed by atoms with E-state index in [0.29, 0.717) is 18.9 Å². The molecule has 0 aromatic rings. The number of aliphatic carboxylic acids is 1. The molecular formula is C14H26N2O3. The summed E-state index contributed by atoms with van der Waals surface area (Å²) in [6.45, 7) is 8.46. The standard InChI is InChI=1S/C14H26N2O3/c1-10-8-15-9-11(10)13(19)16-7-6-14(2,3)5-4-12(17)18/h10-11,15H,4-9H2,1-3H3,(H,16,19)(H,17,18). The predicted octanol–water partition coefficient (Wildman–Crippen LogP) is 1.24. The summed E-state index contributed by atoms with van der Waals surface area (Å²) in [4.78, 5) is 22.5. The quantitative estimate of drug-likeness (QED) is 0.650. The average molecular weight is 270 g/mol. The molecule has 1 fully saturated rings. The lowest BCUT2D eigenvalue weighted by Crippen LogP contribution is -2.36. The number of nitrogens with one attached hydrogen (secondary N) is 2. The van der Waals surface area contributed by atoms with E-state index in [1.165, 1.54) is 0 Å². The second-order valence-electron chi connectivity index (χ2n) is 6.34. The van der Waals surface area contributed by atoms with Crippen LogP contribution in [-0.4, -0.2) is 36.6 Å². The number of hydrogen-bond donors (Lipinski definition) is 3. The molecule has 1 rings (SSSR count). The molecular weight excluding hydrogens is 244 g/mol. The summed E-state index contributed by atoms with van der Waals surface area (Å²) in [6, 6.07) is 0. The first-order valence-corrected chi connectivity index (χ1v) is 7.02. The topological polar surface area (TPSA) is 78.4 Å². The Hall–Kier alpha value is -1.10. The van der Waals surface area contributed by atoms with Crippen LogP contribution in [0.3, 0.4) is 0 Å². The number of rotatable bonds is 7. The lowest BCUT2D eigenvalue weighted by atomic mass is 9.84. The summed E-state index contributed by atoms with van der Waals surface area (Å²) in [5, 5.41) is 14.9. The van der Waals surface area contributed by atoms with Crippen molar-refractivity contribution in [2.24, 2.45) is 17.3 Å². The fourth-order valence-corrected chi connectivity index (χ4v) is 2.39. The molecule has 0 bridgehead atoms. The molecule has 1 heterocycles. The van der Waals surface area contributed by atoms with E-state index in [-0.39, 0.29) is 23.7 Å². The van der Waals surface area contributed by atoms with Crippen molar-refractivity contribution in [1.82, 2.24) is 10.6 Å². The summed E-state index contributed by atoms with van der Waals surface area (Å²) in [5.74, 6) is -0.184. The van der Waals surface area contributed by atoms with E-state index in [1.54, 1.807) is 0 Å². The molecule has 0 spiro atoms. The SMILES string of the molecule is CC1CNCC1C(=O)NCCC(C)(C)CCC(=O)O. The van der Waals surface area contributed by atoms with E-state index < -0.39 is 5.97 Å². The average Bonchev–Trinajstić information content (AvgIpc) is 2.73. The molecule has 1 saturated heterocycles. The van der Waals surface area contributed by atoms with Gasteiger partial charge in [-0.1, -0.05) is 20.8 Å². The number of amides is 1. The van der Waals surface area contributed by atoms with Gasteiger partial charge in [0, 0.05) is 19.5 Å². The largest absolute Gasteiger partial charge is 0.481 e. The van der Waals surface area contributed by atoms with E-state index in [9.17, 15) is 9.59 Å². The Labute approximate surface area is 115 Å². The van der Waals surface area contributed by atoms with Gasteiger partial charge in [-0.3, -0.25) is 9.59 Å². The van der Waals surface area contributed by atoms with E-state index in [1.807, 2.05) is 13.8 Å². The molecule has 0 aromatic heterocycles. The van der Waals surface area contributed by atoms with Gasteiger partial charge >= 0.3 is 5.97 Å². The summed E-state index contributed by atoms with van der Waals surface area (Å²) >= 11 is 0. The van der Waals surface area contributed by atoms with Crippen LogP contribution < -0.4 is 10.6 Å². The highest BCUT2D eigenvalue weighted by atomic mass is 16.4. The van der Waals surface area contributed by atoms with Crippen LogP contribution in [0.5, 0.6) is 0 Å². The maximum Gasteiger partial charge on any atom is 0.303 e. The summed E-state index contributed by atoms with van der Waals surface area (Å²) in [7, 11) is 0. The number of hydrogen-bond acceptors (Lipinski definition) is 3. The molecule has 5 heteroatoms. The van der Waals surface area contributed by atoms with Gasteiger partial charge in [-0.25, -0.2) is 0 Å². The Morgan fingerprint density at radius 2 is 2.00 bits per heavy atom. The van der Waals surface area contributed by atoms with Crippen molar-refractivity contribution in [2.45, 2.75) is 40.0 Å². The second kappa shape index (κ2) is 6.89. The minimum atomic E-state index is -0.761. The van der Waals surface area contributed by atoms with Gasteiger partial charge in [0.15, 0.2) is 0 Å². The van der Waals surface area contributed by atoms with Crippen LogP contribution in [0.4, 0.5) is 0 Å². The molecule has 19 heavy (non-hydrogen) atoms. The first-order chi connectivity index (χ1) is 8.82. The highest BCUT2D eigenvalue weighted by Gasteiger charge is 2.29. The van der Waals surface area contributed by atoms with E-state index in [0.717, 1.165) is 19.5 Å². The smallest absolute Gasteiger partial charge is 0.303 e. The molecule has 1 aliphatic heterocycles. The zero-order valence-electron chi connectivity index (χ0n) is 12.2. The van der Waals surface area contributed by atoms with Crippen molar-refractivity contribution >= 4 is 11.9 Å². The zero-order chi connectivity index (χ0) is 14.5. The van der Waals surface area contributed by atoms with Crippen molar-refractivity contribution in [3.8, 4) is 0 Å². The van der Waals surface area contributed by atoms with Crippen LogP contribution in [0.1, 0.15) is 40.0 Å². The molecule has 1 aliphatic rings. The van der Waals surface area contributed by atoms with Gasteiger partial charge in [-0.15, -0.1) is 0 Å². The Morgan fingerprint density at radius 3 is 2.53 bits per heavy atom. The van der Waals surface area contributed by atoms with E-state index in [2.05, 4.69) is 17.6 Å². The second-order valence-corrected chi connectivity index (χ2v) is 6.34. The van der Waals surface area contributed by atoms with Crippen molar-refractivity contribution in [2.75, 3.05) is 19.6 Å². The fraction of sp³-hybridized carbons (Fsp3) is 0.857. The maximum absolute atomic E-state index is 12.0. The summed E-state index contributed by atoms with van der Waals surface area (Å²) in [6.07, 6.45) is 1.63. The van der Waals surface area contributed by atoms with Crippen molar-refractivity contribution in [1.29, 1.82) is 0 Å². The molecule has 2 unspecified atom stereocenters. The molecule has 3 N–H and O–H groups in total. The zero-order valence-corrected chi connectivity index (χ0v) is 12.2. The molecule has 0 radical (unpaired) electrons. The van der Waals surface area contributed by atoms with Gasteiger partial charge in [-0.05, 0) is 30.7 Å². The number of carbonyl (C=O) groups excluding carboxylic acids is 1. The molecule has 0 saturated carbocycles. The van der Waals surface area contributed by atoms with Gasteiger partial charge in [0.2, 0.25) is 5.91 Å². The number of carbonyl (C=O) groups is 2. The van der Waals surface area contributed by atoms with E-state index >= 15 is 0 Å². The first-order valence-electron chi connectivity index (χ1n) is 7.02. The Bertz CT molecular complexity index is 329. The van der Waals surface area contributed by atoms with Gasteiger partial charge in [-0.2, -0.15) is 0 Å². The lowest BCUT2D eigenvalue weighted by Gasteiger charge is -2.24. The van der Waals surface area contributed by atoms with Gasteiger partial charge in [0.25, 0.3) is 0 Å². The van der Waals surface area contributed by atoms with Crippen LogP contribution in [0, 0.1) is 17.3 Å². The van der Waals surface area contributed by atoms with Gasteiger partial charge < -0.3 is 15.7 Å². The molecule has 110 valence electrons. The number of carboxylic acids is 1. The van der Waals surface area contributed by atoms with Crippen LogP contribution in [0.25, 0.3) is 0 Å². The third-order valence-electron chi connectivity index (χ3n) is 3.97. The normalized spacial score (nSPS) is 23.3. The third kappa shape index (κ3) is 5.59. The Balaban J connectivity index is 2.25. The lowest BCUT2D eigenvalue weighted by molar-refractivity contribution is -0.137. The molecule has 1 amide bonds. The Morgan fingerprint density at radius 1 is 1.32 bits per heavy atom. The summed E-state index contributed by atoms with van der Waals surface area (Å²) in [5.41, 5.74) is -0.0504. The minimum absolute atomic E-state index is 0.0504. The van der Waals surface area contributed by atoms with Crippen LogP contribution in [0.15, 0.2) is 0 Å². The monoisotopic (exact) mass is 270 g/mol. The summed E-state index contributed by atoms with van der Waals surface area (Å²) < 4.78 is 0. The maximum atomic E-state index is 12.0. The van der Waals surface area contributed by atoms with Gasteiger partial charge in [0.1, 0.15) is 0 Å². The van der Waals surface area contributed by atoms with Crippen LogP contribution in [-0.2, 0) is 9.59 Å². The Kier molecular flexibility index (Phi) is 5.79. The highest BCUT2D eigenvalue weighted by molar-refractivity contribution is 5.79. The van der Waals surface area contributed by atoms with Crippen LogP contribution >= 0.6 is 0 Å². The third-order valence-corrected chi connectivity index (χ3v) is 3.97. The molecule has 0 aliphatic carbocycles. The van der Waals surface area contributed by atoms with E-state index in [4.69, 9.17) is 5.11 Å². The van der Waals surface area contributed by atoms with Crippen molar-refractivity contribution < 1.29 is 14.7 Å². The molecule has 5 nitrogen and oxygen atoms in total. The fourth-order valence-electron chi connectivity index (χ4n) is 2.39. The van der Waals surface area contributed by atoms with Gasteiger partial charge in [0.05, 0.1) is 5.92 Å². The van der Waals surface area contributed by atoms with Crippen molar-refractivity contribution in [3.05, 3.63) is 0 Å². The molecule has 0 aromatic carbocycles. The number of carboxylic acid groups (broad SMARTS) is 1. The molecule has 2 atom stereocenters. The van der Waals surface area contributed by atoms with Crippen molar-refractivity contribution in [3.63, 3.8) is 0 Å².